The third-order valence-electron chi connectivity index (χ3n) is 5.13. The lowest BCUT2D eigenvalue weighted by atomic mass is 10.2. The number of nitrogens with one attached hydrogen (secondary N) is 2. The van der Waals surface area contributed by atoms with Crippen molar-refractivity contribution >= 4 is 11.6 Å². The van der Waals surface area contributed by atoms with Gasteiger partial charge in [-0.15, -0.1) is 0 Å². The van der Waals surface area contributed by atoms with Crippen LogP contribution in [0.15, 0.2) is 59.6 Å². The van der Waals surface area contributed by atoms with Crippen molar-refractivity contribution in [3.63, 3.8) is 0 Å². The molecular weight excluding hydrogens is 354 g/mol. The third kappa shape index (κ3) is 5.07. The summed E-state index contributed by atoms with van der Waals surface area (Å²) in [5, 5.41) is 17.8. The molecule has 3 rings (SSSR count). The van der Waals surface area contributed by atoms with Gasteiger partial charge in [0, 0.05) is 50.4 Å². The van der Waals surface area contributed by atoms with Crippen LogP contribution in [-0.2, 0) is 13.1 Å². The first-order chi connectivity index (χ1) is 13.6. The number of nitrogens with zero attached hydrogens (tertiary/aromatic N) is 3. The molecule has 1 aliphatic heterocycles. The van der Waals surface area contributed by atoms with Gasteiger partial charge in [-0.25, -0.2) is 0 Å². The monoisotopic (exact) mass is 381 g/mol. The fraction of sp³-hybridized carbons (Fsp3) is 0.381. The number of nitro benzene ring substituents is 1. The van der Waals surface area contributed by atoms with Gasteiger partial charge in [-0.3, -0.25) is 20.0 Å². The van der Waals surface area contributed by atoms with Crippen LogP contribution in [0.3, 0.4) is 0 Å². The number of guanidine groups is 1. The second kappa shape index (κ2) is 9.32. The Hall–Kier alpha value is -2.93. The van der Waals surface area contributed by atoms with E-state index in [4.69, 9.17) is 0 Å². The molecule has 2 atom stereocenters. The Bertz CT molecular complexity index is 825. The molecule has 0 aliphatic carbocycles. The maximum absolute atomic E-state index is 11.2. The summed E-state index contributed by atoms with van der Waals surface area (Å²) in [4.78, 5) is 17.6. The summed E-state index contributed by atoms with van der Waals surface area (Å²) in [6.07, 6.45) is 1.03. The molecule has 1 fully saturated rings. The van der Waals surface area contributed by atoms with E-state index in [1.807, 2.05) is 6.07 Å². The van der Waals surface area contributed by atoms with Crippen LogP contribution in [0.5, 0.6) is 0 Å². The summed E-state index contributed by atoms with van der Waals surface area (Å²) in [6, 6.07) is 18.0. The van der Waals surface area contributed by atoms with E-state index in [-0.39, 0.29) is 16.7 Å². The zero-order valence-electron chi connectivity index (χ0n) is 16.3. The topological polar surface area (TPSA) is 82.8 Å². The van der Waals surface area contributed by atoms with Gasteiger partial charge in [0.2, 0.25) is 0 Å². The molecule has 1 heterocycles. The largest absolute Gasteiger partial charge is 0.352 e. The number of para-hydroxylation sites is 1. The van der Waals surface area contributed by atoms with Crippen molar-refractivity contribution in [2.45, 2.75) is 38.5 Å². The minimum Gasteiger partial charge on any atom is -0.352 e. The van der Waals surface area contributed by atoms with Crippen LogP contribution in [0.1, 0.15) is 24.5 Å². The molecule has 28 heavy (non-hydrogen) atoms. The van der Waals surface area contributed by atoms with Gasteiger partial charge in [0.1, 0.15) is 0 Å². The van der Waals surface area contributed by atoms with Crippen molar-refractivity contribution in [3.05, 3.63) is 75.8 Å². The normalized spacial score (nSPS) is 20.1. The van der Waals surface area contributed by atoms with E-state index in [0.29, 0.717) is 24.1 Å². The second-order valence-corrected chi connectivity index (χ2v) is 7.15. The summed E-state index contributed by atoms with van der Waals surface area (Å²) >= 11 is 0. The maximum atomic E-state index is 11.2. The van der Waals surface area contributed by atoms with Crippen LogP contribution in [0, 0.1) is 10.1 Å². The van der Waals surface area contributed by atoms with Gasteiger partial charge in [0.05, 0.1) is 4.92 Å². The molecule has 2 aromatic rings. The molecule has 7 heteroatoms. The Kier molecular flexibility index (Phi) is 6.60. The highest BCUT2D eigenvalue weighted by atomic mass is 16.6. The van der Waals surface area contributed by atoms with Crippen LogP contribution in [0.2, 0.25) is 0 Å². The predicted molar refractivity (Wildman–Crippen MR) is 111 cm³/mol. The molecule has 148 valence electrons. The van der Waals surface area contributed by atoms with Crippen molar-refractivity contribution < 1.29 is 4.92 Å². The Morgan fingerprint density at radius 3 is 2.64 bits per heavy atom. The number of likely N-dealkylation sites (tertiary alicyclic amines) is 1. The zero-order valence-corrected chi connectivity index (χ0v) is 16.3. The van der Waals surface area contributed by atoms with E-state index in [1.54, 1.807) is 25.2 Å². The Morgan fingerprint density at radius 1 is 1.21 bits per heavy atom. The van der Waals surface area contributed by atoms with Crippen molar-refractivity contribution in [2.24, 2.45) is 4.99 Å². The van der Waals surface area contributed by atoms with Crippen LogP contribution in [0.4, 0.5) is 5.69 Å². The number of hydrogen-bond acceptors (Lipinski definition) is 4. The lowest BCUT2D eigenvalue weighted by Gasteiger charge is -2.21. The highest BCUT2D eigenvalue weighted by Gasteiger charge is 2.29. The van der Waals surface area contributed by atoms with E-state index in [9.17, 15) is 10.1 Å². The van der Waals surface area contributed by atoms with Gasteiger partial charge in [0.15, 0.2) is 5.96 Å². The van der Waals surface area contributed by atoms with Crippen LogP contribution >= 0.6 is 0 Å². The number of rotatable bonds is 6. The summed E-state index contributed by atoms with van der Waals surface area (Å²) in [5.41, 5.74) is 2.07. The summed E-state index contributed by atoms with van der Waals surface area (Å²) in [6.45, 7) is 4.46. The highest BCUT2D eigenvalue weighted by Crippen LogP contribution is 2.20. The molecule has 0 spiro atoms. The van der Waals surface area contributed by atoms with Gasteiger partial charge in [-0.05, 0) is 18.9 Å². The molecule has 2 aromatic carbocycles. The molecule has 1 aliphatic rings. The molecule has 7 nitrogen and oxygen atoms in total. The zero-order chi connectivity index (χ0) is 19.9. The lowest BCUT2D eigenvalue weighted by Crippen LogP contribution is -2.44. The highest BCUT2D eigenvalue weighted by molar-refractivity contribution is 5.80. The van der Waals surface area contributed by atoms with Crippen LogP contribution in [-0.4, -0.2) is 41.5 Å². The van der Waals surface area contributed by atoms with E-state index in [1.165, 1.54) is 11.6 Å². The molecule has 0 radical (unpaired) electrons. The molecule has 1 saturated heterocycles. The molecule has 2 N–H and O–H groups in total. The smallest absolute Gasteiger partial charge is 0.274 e. The molecule has 0 bridgehead atoms. The number of nitro groups is 1. The first-order valence-corrected chi connectivity index (χ1v) is 9.54. The quantitative estimate of drug-likeness (QED) is 0.348. The molecule has 2 unspecified atom stereocenters. The number of benzene rings is 2. The standard InChI is InChI=1S/C21H27N5O2/c1-16-12-19(15-25(16)14-17-8-4-3-5-9-17)24-21(22-2)23-13-18-10-6-7-11-20(18)26(27)28/h3-11,16,19H,12-15H2,1-2H3,(H2,22,23,24). The summed E-state index contributed by atoms with van der Waals surface area (Å²) in [7, 11) is 1.72. The first kappa shape index (κ1) is 19.8. The summed E-state index contributed by atoms with van der Waals surface area (Å²) < 4.78 is 0. The Balaban J connectivity index is 1.55. The van der Waals surface area contributed by atoms with Gasteiger partial charge in [0.25, 0.3) is 5.69 Å². The minimum absolute atomic E-state index is 0.119. The van der Waals surface area contributed by atoms with Crippen LogP contribution in [0.25, 0.3) is 0 Å². The van der Waals surface area contributed by atoms with Gasteiger partial charge in [-0.2, -0.15) is 0 Å². The molecular formula is C21H27N5O2. The van der Waals surface area contributed by atoms with Crippen molar-refractivity contribution in [3.8, 4) is 0 Å². The summed E-state index contributed by atoms with van der Waals surface area (Å²) in [5.74, 6) is 0.664. The SMILES string of the molecule is CN=C(NCc1ccccc1[N+](=O)[O-])NC1CC(C)N(Cc2ccccc2)C1. The predicted octanol–water partition coefficient (Wildman–Crippen LogP) is 2.92. The average Bonchev–Trinajstić information content (AvgIpc) is 3.04. The number of hydrogen-bond donors (Lipinski definition) is 2. The fourth-order valence-corrected chi connectivity index (χ4v) is 3.65. The van der Waals surface area contributed by atoms with Crippen LogP contribution < -0.4 is 10.6 Å². The number of aliphatic imine (C=N–C) groups is 1. The second-order valence-electron chi connectivity index (χ2n) is 7.15. The molecule has 0 amide bonds. The Labute approximate surface area is 165 Å². The van der Waals surface area contributed by atoms with Crippen molar-refractivity contribution in [2.75, 3.05) is 13.6 Å². The van der Waals surface area contributed by atoms with E-state index in [2.05, 4.69) is 51.7 Å². The fourth-order valence-electron chi connectivity index (χ4n) is 3.65. The van der Waals surface area contributed by atoms with E-state index < -0.39 is 0 Å². The third-order valence-corrected chi connectivity index (χ3v) is 5.13. The van der Waals surface area contributed by atoms with Gasteiger partial charge >= 0.3 is 0 Å². The minimum atomic E-state index is -0.354. The van der Waals surface area contributed by atoms with E-state index >= 15 is 0 Å². The molecule has 0 aromatic heterocycles. The maximum Gasteiger partial charge on any atom is 0.274 e. The first-order valence-electron chi connectivity index (χ1n) is 9.54. The van der Waals surface area contributed by atoms with Gasteiger partial charge < -0.3 is 10.6 Å². The van der Waals surface area contributed by atoms with Gasteiger partial charge in [-0.1, -0.05) is 48.5 Å². The average molecular weight is 381 g/mol. The van der Waals surface area contributed by atoms with Crippen molar-refractivity contribution in [1.82, 2.24) is 15.5 Å². The molecule has 0 saturated carbocycles. The Morgan fingerprint density at radius 2 is 1.93 bits per heavy atom. The van der Waals surface area contributed by atoms with Crippen molar-refractivity contribution in [1.29, 1.82) is 0 Å². The lowest BCUT2D eigenvalue weighted by molar-refractivity contribution is -0.385. The van der Waals surface area contributed by atoms with E-state index in [0.717, 1.165) is 19.5 Å².